The first-order valence-electron chi connectivity index (χ1n) is 22.8. The number of fused-ring (bicyclic) bond motifs is 10. The van der Waals surface area contributed by atoms with Crippen LogP contribution in [-0.4, -0.2) is 19.1 Å². The third-order valence-corrected chi connectivity index (χ3v) is 16.3. The van der Waals surface area contributed by atoms with E-state index in [4.69, 9.17) is 0 Å². The van der Waals surface area contributed by atoms with Crippen molar-refractivity contribution in [1.82, 2.24) is 4.57 Å². The summed E-state index contributed by atoms with van der Waals surface area (Å²) in [6, 6.07) is 88.1. The zero-order valence-corrected chi connectivity index (χ0v) is 37.6. The van der Waals surface area contributed by atoms with E-state index in [9.17, 15) is 0 Å². The van der Waals surface area contributed by atoms with Gasteiger partial charge in [0.05, 0.1) is 0 Å². The average Bonchev–Trinajstić information content (AvgIpc) is 3.93. The van der Waals surface area contributed by atoms with Crippen molar-refractivity contribution < 1.29 is 0 Å². The van der Waals surface area contributed by atoms with Gasteiger partial charge in [0.1, 0.15) is 0 Å². The Hall–Kier alpha value is -8.00. The molecule has 0 radical (unpaired) electrons. The van der Waals surface area contributed by atoms with E-state index < -0.39 is 0 Å². The summed E-state index contributed by atoms with van der Waals surface area (Å²) in [5.41, 5.74) is 13.8. The van der Waals surface area contributed by atoms with Crippen molar-refractivity contribution in [2.24, 2.45) is 0 Å². The minimum absolute atomic E-state index is 0.181. The number of benzene rings is 12. The van der Waals surface area contributed by atoms with Crippen LogP contribution in [0.1, 0.15) is 0 Å². The number of aromatic nitrogens is 1. The van der Waals surface area contributed by atoms with E-state index in [1.807, 2.05) is 0 Å². The molecule has 2 heterocycles. The molecule has 0 amide bonds. The normalized spacial score (nSPS) is 11.9. The molecule has 306 valence electrons. The van der Waals surface area contributed by atoms with Gasteiger partial charge in [-0.15, -0.1) is 0 Å². The summed E-state index contributed by atoms with van der Waals surface area (Å²) >= 11 is 0.181. The van der Waals surface area contributed by atoms with E-state index in [-0.39, 0.29) is 14.5 Å². The maximum absolute atomic E-state index is 2.50. The Morgan fingerprint density at radius 2 is 0.712 bits per heavy atom. The van der Waals surface area contributed by atoms with E-state index >= 15 is 0 Å². The molecule has 0 spiro atoms. The van der Waals surface area contributed by atoms with Gasteiger partial charge in [-0.1, -0.05) is 30.3 Å². The van der Waals surface area contributed by atoms with Crippen LogP contribution >= 0.6 is 0 Å². The second-order valence-corrected chi connectivity index (χ2v) is 19.7. The molecule has 14 aromatic rings. The molecule has 0 aliphatic carbocycles. The maximum atomic E-state index is 2.50. The van der Waals surface area contributed by atoms with Crippen LogP contribution in [0, 0.1) is 0 Å². The third-order valence-electron chi connectivity index (χ3n) is 14.0. The quantitative estimate of drug-likeness (QED) is 0.120. The first-order chi connectivity index (χ1) is 32.8. The molecule has 2 heteroatoms. The van der Waals surface area contributed by atoms with Gasteiger partial charge in [0.2, 0.25) is 0 Å². The van der Waals surface area contributed by atoms with Crippen molar-refractivity contribution in [2.45, 2.75) is 0 Å². The van der Waals surface area contributed by atoms with Gasteiger partial charge in [-0.25, -0.2) is 0 Å². The van der Waals surface area contributed by atoms with Crippen LogP contribution in [0.5, 0.6) is 0 Å². The summed E-state index contributed by atoms with van der Waals surface area (Å²) < 4.78 is 5.31. The van der Waals surface area contributed by atoms with Crippen molar-refractivity contribution >= 4 is 98.7 Å². The van der Waals surface area contributed by atoms with E-state index in [0.717, 1.165) is 0 Å². The summed E-state index contributed by atoms with van der Waals surface area (Å²) in [5.74, 6) is 0. The topological polar surface area (TPSA) is 4.93 Å². The average molecular weight is 901 g/mol. The Labute approximate surface area is 387 Å². The summed E-state index contributed by atoms with van der Waals surface area (Å²) in [4.78, 5) is 0. The fourth-order valence-electron chi connectivity index (χ4n) is 11.3. The number of nitrogens with zero attached hydrogens (tertiary/aromatic N) is 1. The van der Waals surface area contributed by atoms with Crippen molar-refractivity contribution in [3.63, 3.8) is 0 Å². The zero-order valence-electron chi connectivity index (χ0n) is 35.9. The summed E-state index contributed by atoms with van der Waals surface area (Å²) in [5, 5.41) is 15.5. The number of rotatable bonds is 5. The third kappa shape index (κ3) is 5.53. The fourth-order valence-corrected chi connectivity index (χ4v) is 13.6. The molecule has 0 atom stereocenters. The SMILES string of the molecule is c1ccc(-c2c3ccccc3c(-c3ccc4c(c3)[se]c3ccc(-c5c6ccccc6c(-c6cccc7c6c6ccccc6n7-c6ccccc6)c6ccccc56)cc34)c3ccccc23)cc1. The second kappa shape index (κ2) is 14.8. The van der Waals surface area contributed by atoms with Gasteiger partial charge in [-0.05, 0) is 18.2 Å². The van der Waals surface area contributed by atoms with Gasteiger partial charge in [0, 0.05) is 5.69 Å². The van der Waals surface area contributed by atoms with Crippen molar-refractivity contribution in [3.8, 4) is 50.2 Å². The molecule has 2 aromatic heterocycles. The van der Waals surface area contributed by atoms with Crippen LogP contribution < -0.4 is 0 Å². The van der Waals surface area contributed by atoms with Gasteiger partial charge < -0.3 is 0 Å². The molecule has 0 aliphatic rings. The van der Waals surface area contributed by atoms with E-state index in [0.29, 0.717) is 0 Å². The van der Waals surface area contributed by atoms with Crippen molar-refractivity contribution in [1.29, 1.82) is 0 Å². The van der Waals surface area contributed by atoms with Crippen LogP contribution in [0.25, 0.3) is 134 Å². The Kier molecular flexibility index (Phi) is 8.37. The Morgan fingerprint density at radius 1 is 0.258 bits per heavy atom. The number of para-hydroxylation sites is 2. The number of hydrogen-bond acceptors (Lipinski definition) is 0. The molecule has 0 N–H and O–H groups in total. The first kappa shape index (κ1) is 37.4. The molecule has 0 aliphatic heterocycles. The minimum atomic E-state index is 0.181. The van der Waals surface area contributed by atoms with Gasteiger partial charge in [0.25, 0.3) is 0 Å². The number of hydrogen-bond donors (Lipinski definition) is 0. The van der Waals surface area contributed by atoms with Crippen molar-refractivity contribution in [2.75, 3.05) is 0 Å². The molecular formula is C64H39NSe. The molecule has 0 saturated heterocycles. The summed E-state index contributed by atoms with van der Waals surface area (Å²) in [7, 11) is 0. The molecule has 0 unspecified atom stereocenters. The first-order valence-corrected chi connectivity index (χ1v) is 24.5. The molecule has 1 nitrogen and oxygen atoms in total. The Bertz CT molecular complexity index is 4160. The summed E-state index contributed by atoms with van der Waals surface area (Å²) in [6.07, 6.45) is 0. The van der Waals surface area contributed by atoms with Gasteiger partial charge in [-0.3, -0.25) is 0 Å². The van der Waals surface area contributed by atoms with Crippen molar-refractivity contribution in [3.05, 3.63) is 237 Å². The molecule has 66 heavy (non-hydrogen) atoms. The molecular weight excluding hydrogens is 862 g/mol. The van der Waals surface area contributed by atoms with E-state index in [1.165, 1.54) is 134 Å². The second-order valence-electron chi connectivity index (χ2n) is 17.5. The Morgan fingerprint density at radius 3 is 1.30 bits per heavy atom. The van der Waals surface area contributed by atoms with Crippen LogP contribution in [0.2, 0.25) is 0 Å². The van der Waals surface area contributed by atoms with Crippen LogP contribution in [0.3, 0.4) is 0 Å². The van der Waals surface area contributed by atoms with Gasteiger partial charge >= 0.3 is 336 Å². The fraction of sp³-hybridized carbons (Fsp3) is 0. The predicted molar refractivity (Wildman–Crippen MR) is 285 cm³/mol. The molecule has 0 bridgehead atoms. The zero-order chi connectivity index (χ0) is 43.3. The standard InChI is InChI=1S/C64H39NSe/c1-3-18-40(19-4-1)60-45-22-7-9-24-47(45)62(48-25-10-8-23-46(48)60)42-34-36-44-55-38-41(35-37-58(55)66-59(44)39-42)61-49-26-11-13-28-51(49)63(52-29-14-12-27-50(52)61)54-31-17-33-57-64(54)53-30-15-16-32-56(53)65(57)43-20-5-2-6-21-43/h1-39H. The van der Waals surface area contributed by atoms with Gasteiger partial charge in [-0.2, -0.15) is 0 Å². The summed E-state index contributed by atoms with van der Waals surface area (Å²) in [6.45, 7) is 0. The molecule has 0 saturated carbocycles. The molecule has 14 rings (SSSR count). The monoisotopic (exact) mass is 901 g/mol. The predicted octanol–water partition coefficient (Wildman–Crippen LogP) is 17.4. The molecule has 0 fully saturated rings. The van der Waals surface area contributed by atoms with Crippen LogP contribution in [0.15, 0.2) is 237 Å². The van der Waals surface area contributed by atoms with Gasteiger partial charge in [0.15, 0.2) is 0 Å². The van der Waals surface area contributed by atoms with E-state index in [2.05, 4.69) is 241 Å². The van der Waals surface area contributed by atoms with E-state index in [1.54, 1.807) is 0 Å². The van der Waals surface area contributed by atoms with Crippen LogP contribution in [-0.2, 0) is 0 Å². The Balaban J connectivity index is 0.969. The van der Waals surface area contributed by atoms with Crippen LogP contribution in [0.4, 0.5) is 0 Å². The molecule has 12 aromatic carbocycles.